The van der Waals surface area contributed by atoms with Crippen molar-refractivity contribution in [2.24, 2.45) is 0 Å². The third-order valence-electron chi connectivity index (χ3n) is 6.07. The van der Waals surface area contributed by atoms with Gasteiger partial charge in [0.1, 0.15) is 17.3 Å². The van der Waals surface area contributed by atoms with E-state index in [0.29, 0.717) is 31.0 Å². The summed E-state index contributed by atoms with van der Waals surface area (Å²) in [6.45, 7) is 3.67. The minimum Gasteiger partial charge on any atom is -0.351 e. The molecular formula is C26H24ClF2N5O. The molecular weight excluding hydrogens is 472 g/mol. The number of benzene rings is 3. The highest BCUT2D eigenvalue weighted by molar-refractivity contribution is 6.00. The first-order valence-electron chi connectivity index (χ1n) is 11.1. The molecule has 4 aromatic rings. The highest BCUT2D eigenvalue weighted by Gasteiger charge is 2.29. The van der Waals surface area contributed by atoms with Gasteiger partial charge in [-0.3, -0.25) is 0 Å². The van der Waals surface area contributed by atoms with Crippen LogP contribution < -0.4 is 10.2 Å². The lowest BCUT2D eigenvalue weighted by Gasteiger charge is -2.40. The third kappa shape index (κ3) is 5.02. The molecule has 2 amide bonds. The number of hydrogen-bond donors (Lipinski definition) is 1. The van der Waals surface area contributed by atoms with E-state index in [-0.39, 0.29) is 36.1 Å². The van der Waals surface area contributed by atoms with Crippen LogP contribution in [-0.4, -0.2) is 46.8 Å². The fraction of sp³-hybridized carbons (Fsp3) is 0.192. The average Bonchev–Trinajstić information content (AvgIpc) is 2.85. The minimum absolute atomic E-state index is 0. The lowest BCUT2D eigenvalue weighted by Crippen LogP contribution is -2.55. The molecule has 1 aliphatic heterocycles. The van der Waals surface area contributed by atoms with Crippen molar-refractivity contribution in [3.8, 4) is 11.3 Å². The number of nitrogens with one attached hydrogen (secondary N) is 1. The maximum Gasteiger partial charge on any atom is 0.322 e. The van der Waals surface area contributed by atoms with Gasteiger partial charge in [0.05, 0.1) is 0 Å². The van der Waals surface area contributed by atoms with Crippen LogP contribution in [0.25, 0.3) is 22.0 Å². The van der Waals surface area contributed by atoms with E-state index in [1.165, 1.54) is 24.3 Å². The van der Waals surface area contributed by atoms with Gasteiger partial charge in [-0.15, -0.1) is 22.6 Å². The zero-order valence-electron chi connectivity index (χ0n) is 19.0. The Morgan fingerprint density at radius 1 is 0.886 bits per heavy atom. The van der Waals surface area contributed by atoms with Crippen molar-refractivity contribution in [3.63, 3.8) is 0 Å². The Hall–Kier alpha value is -3.78. The molecule has 0 aliphatic carbocycles. The van der Waals surface area contributed by atoms with Gasteiger partial charge in [0, 0.05) is 47.7 Å². The molecule has 6 nitrogen and oxygen atoms in total. The number of carbonyl (C=O) groups is 1. The molecule has 0 saturated carbocycles. The van der Waals surface area contributed by atoms with E-state index in [4.69, 9.17) is 0 Å². The van der Waals surface area contributed by atoms with Crippen molar-refractivity contribution in [1.82, 2.24) is 15.1 Å². The second-order valence-corrected chi connectivity index (χ2v) is 8.35. The predicted octanol–water partition coefficient (Wildman–Crippen LogP) is 5.74. The zero-order chi connectivity index (χ0) is 23.7. The van der Waals surface area contributed by atoms with Crippen LogP contribution in [-0.2, 0) is 0 Å². The van der Waals surface area contributed by atoms with Crippen molar-refractivity contribution >= 4 is 40.7 Å². The molecule has 180 valence electrons. The van der Waals surface area contributed by atoms with Gasteiger partial charge in [0.2, 0.25) is 0 Å². The Bertz CT molecular complexity index is 1330. The summed E-state index contributed by atoms with van der Waals surface area (Å²) < 4.78 is 26.5. The van der Waals surface area contributed by atoms with Gasteiger partial charge in [-0.25, -0.2) is 13.6 Å². The van der Waals surface area contributed by atoms with E-state index in [1.807, 2.05) is 31.2 Å². The molecule has 1 N–H and O–H groups in total. The van der Waals surface area contributed by atoms with Gasteiger partial charge in [-0.2, -0.15) is 0 Å². The minimum atomic E-state index is -0.348. The summed E-state index contributed by atoms with van der Waals surface area (Å²) >= 11 is 0. The van der Waals surface area contributed by atoms with Crippen molar-refractivity contribution in [2.75, 3.05) is 29.9 Å². The molecule has 0 unspecified atom stereocenters. The van der Waals surface area contributed by atoms with Gasteiger partial charge >= 0.3 is 6.03 Å². The van der Waals surface area contributed by atoms with Crippen molar-refractivity contribution < 1.29 is 13.6 Å². The molecule has 9 heteroatoms. The number of anilines is 2. The standard InChI is InChI=1S/C26H23F2N5O.ClH/c1-17-16-32(14-15-33(17)26(34)29-21-12-10-20(28)11-13-21)25-23-5-3-2-4-22(23)24(30-31-25)18-6-8-19(27)9-7-18;/h2-13,17H,14-16H2,1H3,(H,29,34);1H/t17-;/m1./s1. The maximum atomic E-state index is 13.4. The smallest absolute Gasteiger partial charge is 0.322 e. The highest BCUT2D eigenvalue weighted by atomic mass is 35.5. The number of fused-ring (bicyclic) bond motifs is 1. The van der Waals surface area contributed by atoms with Gasteiger partial charge in [-0.05, 0) is 55.5 Å². The first-order chi connectivity index (χ1) is 16.5. The van der Waals surface area contributed by atoms with E-state index >= 15 is 0 Å². The first kappa shape index (κ1) is 24.3. The lowest BCUT2D eigenvalue weighted by atomic mass is 10.0. The molecule has 35 heavy (non-hydrogen) atoms. The van der Waals surface area contributed by atoms with Gasteiger partial charge in [0.15, 0.2) is 5.82 Å². The summed E-state index contributed by atoms with van der Waals surface area (Å²) in [6.07, 6.45) is 0. The summed E-state index contributed by atoms with van der Waals surface area (Å²) in [6, 6.07) is 19.5. The second kappa shape index (κ2) is 10.2. The number of urea groups is 1. The molecule has 1 fully saturated rings. The zero-order valence-corrected chi connectivity index (χ0v) is 19.8. The van der Waals surface area contributed by atoms with E-state index in [1.54, 1.807) is 29.2 Å². The topological polar surface area (TPSA) is 61.4 Å². The Morgan fingerprint density at radius 2 is 1.51 bits per heavy atom. The number of carbonyl (C=O) groups excluding carboxylic acids is 1. The van der Waals surface area contributed by atoms with E-state index in [0.717, 1.165) is 22.2 Å². The van der Waals surface area contributed by atoms with Crippen LogP contribution in [0.5, 0.6) is 0 Å². The Balaban J connectivity index is 0.00000289. The normalized spacial score (nSPS) is 15.6. The maximum absolute atomic E-state index is 13.4. The van der Waals surface area contributed by atoms with Crippen LogP contribution in [0.15, 0.2) is 72.8 Å². The van der Waals surface area contributed by atoms with Crippen molar-refractivity contribution in [2.45, 2.75) is 13.0 Å². The summed E-state index contributed by atoms with van der Waals surface area (Å²) in [5, 5.41) is 13.7. The molecule has 0 spiro atoms. The quantitative estimate of drug-likeness (QED) is 0.394. The molecule has 2 heterocycles. The van der Waals surface area contributed by atoms with E-state index < -0.39 is 0 Å². The fourth-order valence-electron chi connectivity index (χ4n) is 4.32. The summed E-state index contributed by atoms with van der Waals surface area (Å²) in [5.74, 6) is 0.110. The van der Waals surface area contributed by atoms with Crippen LogP contribution >= 0.6 is 12.4 Å². The summed E-state index contributed by atoms with van der Waals surface area (Å²) in [7, 11) is 0. The van der Waals surface area contributed by atoms with Gasteiger partial charge in [0.25, 0.3) is 0 Å². The van der Waals surface area contributed by atoms with Crippen LogP contribution in [0.2, 0.25) is 0 Å². The van der Waals surface area contributed by atoms with Gasteiger partial charge in [-0.1, -0.05) is 24.3 Å². The molecule has 1 atom stereocenters. The monoisotopic (exact) mass is 495 g/mol. The van der Waals surface area contributed by atoms with E-state index in [2.05, 4.69) is 20.4 Å². The Labute approximate surface area is 208 Å². The van der Waals surface area contributed by atoms with Crippen LogP contribution in [0, 0.1) is 11.6 Å². The van der Waals surface area contributed by atoms with Gasteiger partial charge < -0.3 is 15.1 Å². The average molecular weight is 496 g/mol. The third-order valence-corrected chi connectivity index (χ3v) is 6.07. The molecule has 0 radical (unpaired) electrons. The largest absolute Gasteiger partial charge is 0.351 e. The molecule has 1 saturated heterocycles. The van der Waals surface area contributed by atoms with Crippen LogP contribution in [0.1, 0.15) is 6.92 Å². The molecule has 1 aliphatic rings. The van der Waals surface area contributed by atoms with E-state index in [9.17, 15) is 13.6 Å². The van der Waals surface area contributed by atoms with Crippen LogP contribution in [0.4, 0.5) is 25.1 Å². The summed E-state index contributed by atoms with van der Waals surface area (Å²) in [4.78, 5) is 16.7. The number of piperazine rings is 1. The Kier molecular flexibility index (Phi) is 7.12. The predicted molar refractivity (Wildman–Crippen MR) is 136 cm³/mol. The van der Waals surface area contributed by atoms with Crippen molar-refractivity contribution in [3.05, 3.63) is 84.4 Å². The second-order valence-electron chi connectivity index (χ2n) is 8.35. The summed E-state index contributed by atoms with van der Waals surface area (Å²) in [5.41, 5.74) is 2.05. The molecule has 3 aromatic carbocycles. The molecule has 0 bridgehead atoms. The number of nitrogens with zero attached hydrogens (tertiary/aromatic N) is 4. The van der Waals surface area contributed by atoms with Crippen LogP contribution in [0.3, 0.4) is 0 Å². The SMILES string of the molecule is C[C@@H]1CN(c2nnc(-c3ccc(F)cc3)c3ccccc23)CCN1C(=O)Nc1ccc(F)cc1.Cl. The number of hydrogen-bond acceptors (Lipinski definition) is 4. The highest BCUT2D eigenvalue weighted by Crippen LogP contribution is 2.32. The number of aromatic nitrogens is 2. The first-order valence-corrected chi connectivity index (χ1v) is 11.1. The lowest BCUT2D eigenvalue weighted by molar-refractivity contribution is 0.184. The molecule has 1 aromatic heterocycles. The Morgan fingerprint density at radius 3 is 2.17 bits per heavy atom. The molecule has 5 rings (SSSR count). The number of rotatable bonds is 3. The van der Waals surface area contributed by atoms with Crippen molar-refractivity contribution in [1.29, 1.82) is 0 Å². The number of halogens is 3. The number of amides is 2. The fourth-order valence-corrected chi connectivity index (χ4v) is 4.32.